The highest BCUT2D eigenvalue weighted by molar-refractivity contribution is 5.37. The van der Waals surface area contributed by atoms with Gasteiger partial charge in [-0.2, -0.15) is 0 Å². The molecule has 20 heavy (non-hydrogen) atoms. The van der Waals surface area contributed by atoms with E-state index in [-0.39, 0.29) is 12.2 Å². The molecule has 1 saturated heterocycles. The molecule has 0 aromatic heterocycles. The smallest absolute Gasteiger partial charge is 0.293 e. The lowest BCUT2D eigenvalue weighted by atomic mass is 9.97. The highest BCUT2D eigenvalue weighted by atomic mass is 16.5. The summed E-state index contributed by atoms with van der Waals surface area (Å²) < 4.78 is 4.55. The molecule has 0 aliphatic carbocycles. The van der Waals surface area contributed by atoms with E-state index in [0.717, 1.165) is 25.9 Å². The Morgan fingerprint density at radius 3 is 2.05 bits per heavy atom. The molecule has 6 heteroatoms. The van der Waals surface area contributed by atoms with Crippen LogP contribution in [0.1, 0.15) is 40.5 Å². The van der Waals surface area contributed by atoms with Crippen molar-refractivity contribution in [1.82, 2.24) is 4.90 Å². The molecule has 1 aliphatic heterocycles. The van der Waals surface area contributed by atoms with Gasteiger partial charge in [0, 0.05) is 19.7 Å². The summed E-state index contributed by atoms with van der Waals surface area (Å²) in [6, 6.07) is 0. The minimum atomic E-state index is -0.750. The van der Waals surface area contributed by atoms with Gasteiger partial charge in [0.05, 0.1) is 6.10 Å². The summed E-state index contributed by atoms with van der Waals surface area (Å²) in [5.41, 5.74) is -0.318. The number of hydrogen-bond donors (Lipinski definition) is 3. The number of aliphatic hydroxyl groups is 3. The molecule has 0 aromatic rings. The zero-order valence-electron chi connectivity index (χ0n) is 13.0. The first-order valence-electron chi connectivity index (χ1n) is 7.03. The normalized spacial score (nSPS) is 20.6. The quantitative estimate of drug-likeness (QED) is 0.648. The number of hydrogen-bond acceptors (Lipinski definition) is 6. The fraction of sp³-hybridized carbons (Fsp3) is 0.929. The van der Waals surface area contributed by atoms with Crippen molar-refractivity contribution in [2.24, 2.45) is 5.92 Å². The Hall–Kier alpha value is -0.690. The van der Waals surface area contributed by atoms with Gasteiger partial charge >= 0.3 is 0 Å². The van der Waals surface area contributed by atoms with E-state index in [1.54, 1.807) is 6.92 Å². The molecule has 0 bridgehead atoms. The standard InChI is InChI=1S/C9H19NO3.C5H10O2/c1-7(12)9(13)10-4-2-8(6-11)3-5-10;1-5(2,3)7-4-6/h7-9,11-13H,2-6H2,1H3;4H,1-3H3/t7-,9?;/m1./s1. The Kier molecular flexibility index (Phi) is 8.96. The van der Waals surface area contributed by atoms with Crippen molar-refractivity contribution in [1.29, 1.82) is 0 Å². The van der Waals surface area contributed by atoms with Crippen LogP contribution in [0.15, 0.2) is 0 Å². The van der Waals surface area contributed by atoms with Gasteiger partial charge in [-0.05, 0) is 46.5 Å². The van der Waals surface area contributed by atoms with Crippen molar-refractivity contribution in [2.45, 2.75) is 58.5 Å². The molecule has 1 aliphatic rings. The van der Waals surface area contributed by atoms with Crippen LogP contribution in [0.4, 0.5) is 0 Å². The molecule has 120 valence electrons. The molecule has 0 spiro atoms. The lowest BCUT2D eigenvalue weighted by molar-refractivity contribution is -0.138. The van der Waals surface area contributed by atoms with Crippen LogP contribution in [0.25, 0.3) is 0 Å². The molecule has 2 atom stereocenters. The predicted molar refractivity (Wildman–Crippen MR) is 76.0 cm³/mol. The van der Waals surface area contributed by atoms with Gasteiger partial charge < -0.3 is 20.1 Å². The number of carbonyl (C=O) groups is 1. The Bertz CT molecular complexity index is 257. The van der Waals surface area contributed by atoms with E-state index in [9.17, 15) is 9.90 Å². The summed E-state index contributed by atoms with van der Waals surface area (Å²) in [5, 5.41) is 27.6. The van der Waals surface area contributed by atoms with Crippen molar-refractivity contribution in [2.75, 3.05) is 19.7 Å². The first-order valence-corrected chi connectivity index (χ1v) is 7.03. The van der Waals surface area contributed by atoms with Crippen molar-refractivity contribution in [3.05, 3.63) is 0 Å². The topological polar surface area (TPSA) is 90.2 Å². The molecule has 0 aromatic carbocycles. The molecule has 1 fully saturated rings. The second-order valence-corrected chi connectivity index (χ2v) is 6.14. The largest absolute Gasteiger partial charge is 0.462 e. The summed E-state index contributed by atoms with van der Waals surface area (Å²) in [7, 11) is 0. The third-order valence-electron chi connectivity index (χ3n) is 3.11. The number of aliphatic hydroxyl groups excluding tert-OH is 3. The SMILES string of the molecule is CC(C)(C)OC=O.C[C@@H](O)C(O)N1CCC(CO)CC1. The van der Waals surface area contributed by atoms with E-state index >= 15 is 0 Å². The van der Waals surface area contributed by atoms with E-state index in [0.29, 0.717) is 12.4 Å². The minimum absolute atomic E-state index is 0.235. The summed E-state index contributed by atoms with van der Waals surface area (Å²) in [6.07, 6.45) is 0.353. The molecular weight excluding hydrogens is 262 g/mol. The Morgan fingerprint density at radius 1 is 1.30 bits per heavy atom. The van der Waals surface area contributed by atoms with Gasteiger partial charge in [0.1, 0.15) is 11.8 Å². The number of ether oxygens (including phenoxy) is 1. The maximum atomic E-state index is 9.60. The third-order valence-corrected chi connectivity index (χ3v) is 3.11. The maximum absolute atomic E-state index is 9.60. The van der Waals surface area contributed by atoms with Crippen molar-refractivity contribution < 1.29 is 24.9 Å². The second kappa shape index (κ2) is 9.28. The lowest BCUT2D eigenvalue weighted by Gasteiger charge is -2.35. The van der Waals surface area contributed by atoms with Gasteiger partial charge in [0.25, 0.3) is 6.47 Å². The number of rotatable bonds is 4. The van der Waals surface area contributed by atoms with Gasteiger partial charge in [-0.15, -0.1) is 0 Å². The number of carbonyl (C=O) groups excluding carboxylic acids is 1. The van der Waals surface area contributed by atoms with E-state index in [2.05, 4.69) is 4.74 Å². The van der Waals surface area contributed by atoms with Crippen LogP contribution < -0.4 is 0 Å². The van der Waals surface area contributed by atoms with Gasteiger partial charge in [-0.1, -0.05) is 0 Å². The van der Waals surface area contributed by atoms with Crippen LogP contribution in [0, 0.1) is 5.92 Å². The van der Waals surface area contributed by atoms with Gasteiger partial charge in [-0.25, -0.2) is 0 Å². The molecule has 0 saturated carbocycles. The van der Waals surface area contributed by atoms with Crippen molar-refractivity contribution in [3.63, 3.8) is 0 Å². The minimum Gasteiger partial charge on any atom is -0.462 e. The average Bonchev–Trinajstić information content (AvgIpc) is 2.37. The van der Waals surface area contributed by atoms with E-state index in [4.69, 9.17) is 10.2 Å². The maximum Gasteiger partial charge on any atom is 0.293 e. The first kappa shape index (κ1) is 19.3. The molecule has 1 heterocycles. The summed E-state index contributed by atoms with van der Waals surface area (Å²) in [4.78, 5) is 11.5. The third kappa shape index (κ3) is 8.47. The van der Waals surface area contributed by atoms with Crippen LogP contribution in [-0.2, 0) is 9.53 Å². The first-order chi connectivity index (χ1) is 9.21. The molecule has 1 unspecified atom stereocenters. The predicted octanol–water partition coefficient (Wildman–Crippen LogP) is 0.348. The highest BCUT2D eigenvalue weighted by Gasteiger charge is 2.25. The number of likely N-dealkylation sites (tertiary alicyclic amines) is 1. The molecule has 3 N–H and O–H groups in total. The molecule has 6 nitrogen and oxygen atoms in total. The molecule has 1 rings (SSSR count). The highest BCUT2D eigenvalue weighted by Crippen LogP contribution is 2.18. The monoisotopic (exact) mass is 291 g/mol. The Balaban J connectivity index is 0.000000441. The summed E-state index contributed by atoms with van der Waals surface area (Å²) in [5.74, 6) is 0.373. The van der Waals surface area contributed by atoms with Gasteiger partial charge in [0.2, 0.25) is 0 Å². The van der Waals surface area contributed by atoms with Crippen molar-refractivity contribution >= 4 is 6.47 Å². The van der Waals surface area contributed by atoms with Gasteiger partial charge in [-0.3, -0.25) is 9.69 Å². The zero-order chi connectivity index (χ0) is 15.8. The van der Waals surface area contributed by atoms with E-state index < -0.39 is 12.3 Å². The summed E-state index contributed by atoms with van der Waals surface area (Å²) >= 11 is 0. The number of piperidine rings is 1. The van der Waals surface area contributed by atoms with Crippen LogP contribution in [-0.4, -0.2) is 64.3 Å². The lowest BCUT2D eigenvalue weighted by Crippen LogP contribution is -2.46. The fourth-order valence-corrected chi connectivity index (χ4v) is 1.85. The second-order valence-electron chi connectivity index (χ2n) is 6.14. The van der Waals surface area contributed by atoms with Gasteiger partial charge in [0.15, 0.2) is 0 Å². The molecule has 0 radical (unpaired) electrons. The van der Waals surface area contributed by atoms with E-state index in [1.807, 2.05) is 25.7 Å². The fourth-order valence-electron chi connectivity index (χ4n) is 1.85. The van der Waals surface area contributed by atoms with Crippen molar-refractivity contribution in [3.8, 4) is 0 Å². The molecule has 0 amide bonds. The Labute approximate surface area is 121 Å². The zero-order valence-corrected chi connectivity index (χ0v) is 13.0. The Morgan fingerprint density at radius 2 is 1.80 bits per heavy atom. The van der Waals surface area contributed by atoms with Crippen LogP contribution in [0.3, 0.4) is 0 Å². The van der Waals surface area contributed by atoms with Crippen LogP contribution in [0.5, 0.6) is 0 Å². The number of nitrogens with zero attached hydrogens (tertiary/aromatic N) is 1. The van der Waals surface area contributed by atoms with Crippen LogP contribution >= 0.6 is 0 Å². The average molecular weight is 291 g/mol. The van der Waals surface area contributed by atoms with E-state index in [1.165, 1.54) is 0 Å². The van der Waals surface area contributed by atoms with Crippen LogP contribution in [0.2, 0.25) is 0 Å². The molecular formula is C14H29NO5. The summed E-state index contributed by atoms with van der Waals surface area (Å²) in [6.45, 7) is 9.26.